The first kappa shape index (κ1) is 9.96. The van der Waals surface area contributed by atoms with Crippen LogP contribution in [0.4, 0.5) is 0 Å². The molecule has 1 atom stereocenters. The number of ether oxygens (including phenoxy) is 1. The zero-order chi connectivity index (χ0) is 8.81. The smallest absolute Gasteiger partial charge is 0.0465 e. The van der Waals surface area contributed by atoms with E-state index in [2.05, 4.69) is 5.32 Å². The summed E-state index contributed by atoms with van der Waals surface area (Å²) in [7, 11) is 1.74. The molecular weight excluding hydrogens is 152 g/mol. The Hall–Kier alpha value is -0.120. The summed E-state index contributed by atoms with van der Waals surface area (Å²) in [5, 5.41) is 3.48. The van der Waals surface area contributed by atoms with Crippen molar-refractivity contribution in [3.8, 4) is 0 Å². The van der Waals surface area contributed by atoms with Gasteiger partial charge in [-0.3, -0.25) is 0 Å². The van der Waals surface area contributed by atoms with Crippen molar-refractivity contribution >= 4 is 0 Å². The fraction of sp³-hybridized carbons (Fsp3) is 1.00. The Labute approximate surface area is 74.7 Å². The lowest BCUT2D eigenvalue weighted by Gasteiger charge is -2.14. The van der Waals surface area contributed by atoms with Gasteiger partial charge in [0, 0.05) is 19.8 Å². The summed E-state index contributed by atoms with van der Waals surface area (Å²) in [4.78, 5) is 0. The van der Waals surface area contributed by atoms with E-state index in [4.69, 9.17) is 10.5 Å². The van der Waals surface area contributed by atoms with Crippen molar-refractivity contribution in [2.45, 2.75) is 25.3 Å². The molecule has 0 aromatic rings. The van der Waals surface area contributed by atoms with Gasteiger partial charge in [-0.2, -0.15) is 0 Å². The molecule has 1 aliphatic carbocycles. The maximum atomic E-state index is 5.62. The summed E-state index contributed by atoms with van der Waals surface area (Å²) >= 11 is 0. The van der Waals surface area contributed by atoms with E-state index in [0.29, 0.717) is 5.92 Å². The van der Waals surface area contributed by atoms with Crippen LogP contribution in [0.2, 0.25) is 0 Å². The maximum absolute atomic E-state index is 5.62. The topological polar surface area (TPSA) is 47.3 Å². The van der Waals surface area contributed by atoms with Crippen LogP contribution >= 0.6 is 0 Å². The molecule has 1 aliphatic rings. The summed E-state index contributed by atoms with van der Waals surface area (Å²) in [5.41, 5.74) is 5.62. The largest absolute Gasteiger partial charge is 0.385 e. The van der Waals surface area contributed by atoms with Crippen LogP contribution in [-0.4, -0.2) is 32.8 Å². The summed E-state index contributed by atoms with van der Waals surface area (Å²) < 4.78 is 5.01. The van der Waals surface area contributed by atoms with Gasteiger partial charge in [0.15, 0.2) is 0 Å². The van der Waals surface area contributed by atoms with Gasteiger partial charge in [0.1, 0.15) is 0 Å². The van der Waals surface area contributed by atoms with Gasteiger partial charge in [-0.1, -0.05) is 0 Å². The van der Waals surface area contributed by atoms with E-state index in [1.54, 1.807) is 7.11 Å². The van der Waals surface area contributed by atoms with Crippen molar-refractivity contribution in [2.75, 3.05) is 26.8 Å². The third kappa shape index (κ3) is 4.04. The number of nitrogens with two attached hydrogens (primary N) is 1. The normalized spacial score (nSPS) is 19.5. The lowest BCUT2D eigenvalue weighted by molar-refractivity contribution is 0.177. The van der Waals surface area contributed by atoms with Crippen molar-refractivity contribution in [3.63, 3.8) is 0 Å². The first-order chi connectivity index (χ1) is 5.86. The second-order valence-electron chi connectivity index (χ2n) is 3.57. The van der Waals surface area contributed by atoms with E-state index >= 15 is 0 Å². The van der Waals surface area contributed by atoms with Crippen LogP contribution in [0.25, 0.3) is 0 Å². The predicted molar refractivity (Wildman–Crippen MR) is 50.1 cm³/mol. The molecule has 1 unspecified atom stereocenters. The summed E-state index contributed by atoms with van der Waals surface area (Å²) in [6.07, 6.45) is 3.77. The fourth-order valence-electron chi connectivity index (χ4n) is 1.21. The molecule has 3 nitrogen and oxygen atoms in total. The van der Waals surface area contributed by atoms with Crippen LogP contribution in [0.5, 0.6) is 0 Å². The number of methoxy groups -OCH3 is 1. The predicted octanol–water partition coefficient (Wildman–Crippen LogP) is 0.350. The molecule has 3 heteroatoms. The minimum Gasteiger partial charge on any atom is -0.385 e. The highest BCUT2D eigenvalue weighted by molar-refractivity contribution is 4.81. The summed E-state index contributed by atoms with van der Waals surface area (Å²) in [5.74, 6) is 0.588. The van der Waals surface area contributed by atoms with Crippen molar-refractivity contribution in [3.05, 3.63) is 0 Å². The first-order valence-electron chi connectivity index (χ1n) is 4.79. The van der Waals surface area contributed by atoms with E-state index in [0.717, 1.165) is 32.2 Å². The van der Waals surface area contributed by atoms with Gasteiger partial charge in [-0.05, 0) is 38.3 Å². The molecule has 0 aliphatic heterocycles. The third-order valence-electron chi connectivity index (χ3n) is 2.34. The molecule has 0 aromatic heterocycles. The second kappa shape index (κ2) is 5.51. The molecule has 0 heterocycles. The minimum atomic E-state index is 0.588. The lowest BCUT2D eigenvalue weighted by Crippen LogP contribution is -2.30. The molecule has 0 spiro atoms. The van der Waals surface area contributed by atoms with Crippen LogP contribution < -0.4 is 11.1 Å². The molecule has 0 radical (unpaired) electrons. The SMILES string of the molecule is COCCC(CN)CNC1CC1. The van der Waals surface area contributed by atoms with Crippen LogP contribution in [0.1, 0.15) is 19.3 Å². The van der Waals surface area contributed by atoms with Crippen LogP contribution in [0.3, 0.4) is 0 Å². The molecule has 3 N–H and O–H groups in total. The zero-order valence-corrected chi connectivity index (χ0v) is 7.88. The third-order valence-corrected chi connectivity index (χ3v) is 2.34. The molecule has 0 bridgehead atoms. The molecule has 1 fully saturated rings. The number of rotatable bonds is 7. The lowest BCUT2D eigenvalue weighted by atomic mass is 10.1. The van der Waals surface area contributed by atoms with Gasteiger partial charge in [-0.25, -0.2) is 0 Å². The molecule has 0 amide bonds. The van der Waals surface area contributed by atoms with E-state index in [-0.39, 0.29) is 0 Å². The van der Waals surface area contributed by atoms with E-state index in [9.17, 15) is 0 Å². The molecule has 1 rings (SSSR count). The van der Waals surface area contributed by atoms with Gasteiger partial charge in [0.2, 0.25) is 0 Å². The summed E-state index contributed by atoms with van der Waals surface area (Å²) in [6, 6.07) is 0.793. The van der Waals surface area contributed by atoms with Gasteiger partial charge in [0.25, 0.3) is 0 Å². The monoisotopic (exact) mass is 172 g/mol. The number of nitrogens with one attached hydrogen (secondary N) is 1. The van der Waals surface area contributed by atoms with Crippen molar-refractivity contribution < 1.29 is 4.74 Å². The van der Waals surface area contributed by atoms with Crippen molar-refractivity contribution in [2.24, 2.45) is 11.7 Å². The molecule has 12 heavy (non-hydrogen) atoms. The Morgan fingerprint density at radius 3 is 2.83 bits per heavy atom. The van der Waals surface area contributed by atoms with Crippen LogP contribution in [0.15, 0.2) is 0 Å². The van der Waals surface area contributed by atoms with Gasteiger partial charge in [0.05, 0.1) is 0 Å². The maximum Gasteiger partial charge on any atom is 0.0465 e. The highest BCUT2D eigenvalue weighted by atomic mass is 16.5. The van der Waals surface area contributed by atoms with Crippen LogP contribution in [-0.2, 0) is 4.74 Å². The Morgan fingerprint density at radius 1 is 1.58 bits per heavy atom. The molecule has 72 valence electrons. The Balaban J connectivity index is 1.98. The van der Waals surface area contributed by atoms with Crippen LogP contribution in [0, 0.1) is 5.92 Å². The van der Waals surface area contributed by atoms with Gasteiger partial charge in [-0.15, -0.1) is 0 Å². The highest BCUT2D eigenvalue weighted by Crippen LogP contribution is 2.18. The van der Waals surface area contributed by atoms with E-state index in [1.807, 2.05) is 0 Å². The molecule has 0 aromatic carbocycles. The van der Waals surface area contributed by atoms with Crippen molar-refractivity contribution in [1.29, 1.82) is 0 Å². The summed E-state index contributed by atoms with van der Waals surface area (Å²) in [6.45, 7) is 2.65. The minimum absolute atomic E-state index is 0.588. The molecular formula is C9H20N2O. The first-order valence-corrected chi connectivity index (χ1v) is 4.79. The quantitative estimate of drug-likeness (QED) is 0.582. The van der Waals surface area contributed by atoms with E-state index in [1.165, 1.54) is 12.8 Å². The van der Waals surface area contributed by atoms with Gasteiger partial charge < -0.3 is 15.8 Å². The number of hydrogen-bond acceptors (Lipinski definition) is 3. The molecule has 1 saturated carbocycles. The zero-order valence-electron chi connectivity index (χ0n) is 7.88. The molecule has 0 saturated heterocycles. The second-order valence-corrected chi connectivity index (χ2v) is 3.57. The highest BCUT2D eigenvalue weighted by Gasteiger charge is 2.21. The average molecular weight is 172 g/mol. The van der Waals surface area contributed by atoms with Crippen molar-refractivity contribution in [1.82, 2.24) is 5.32 Å². The Morgan fingerprint density at radius 2 is 2.33 bits per heavy atom. The average Bonchev–Trinajstić information content (AvgIpc) is 2.89. The Bertz CT molecular complexity index is 115. The number of hydrogen-bond donors (Lipinski definition) is 2. The van der Waals surface area contributed by atoms with E-state index < -0.39 is 0 Å². The van der Waals surface area contributed by atoms with Gasteiger partial charge >= 0.3 is 0 Å². The Kier molecular flexibility index (Phi) is 4.58. The fourth-order valence-corrected chi connectivity index (χ4v) is 1.21. The standard InChI is InChI=1S/C9H20N2O/c1-12-5-4-8(6-10)7-11-9-2-3-9/h8-9,11H,2-7,10H2,1H3.